The normalized spacial score (nSPS) is 17.5. The topological polar surface area (TPSA) is 51.0 Å². The van der Waals surface area contributed by atoms with E-state index in [0.717, 1.165) is 18.7 Å². The first-order chi connectivity index (χ1) is 10.2. The Morgan fingerprint density at radius 3 is 2.57 bits per heavy atom. The van der Waals surface area contributed by atoms with Crippen LogP contribution in [0.2, 0.25) is 0 Å². The summed E-state index contributed by atoms with van der Waals surface area (Å²) in [5.41, 5.74) is 1.26. The van der Waals surface area contributed by atoms with Crippen LogP contribution in [0.25, 0.3) is 0 Å². The number of benzene rings is 1. The van der Waals surface area contributed by atoms with Gasteiger partial charge < -0.3 is 9.84 Å². The van der Waals surface area contributed by atoms with Gasteiger partial charge in [0.2, 0.25) is 5.89 Å². The summed E-state index contributed by atoms with van der Waals surface area (Å²) in [4.78, 5) is 4.67. The van der Waals surface area contributed by atoms with Crippen molar-refractivity contribution >= 4 is 0 Å². The van der Waals surface area contributed by atoms with Gasteiger partial charge >= 0.3 is 0 Å². The molecular weight excluding hydrogens is 262 g/mol. The Hall–Kier alpha value is -1.68. The second-order valence-corrected chi connectivity index (χ2v) is 6.20. The molecule has 1 aromatic heterocycles. The summed E-state index contributed by atoms with van der Waals surface area (Å²) < 4.78 is 5.45. The van der Waals surface area contributed by atoms with E-state index in [-0.39, 0.29) is 5.41 Å². The number of hydrogen-bond donors (Lipinski definition) is 1. The van der Waals surface area contributed by atoms with Crippen LogP contribution in [0.3, 0.4) is 0 Å². The zero-order chi connectivity index (χ0) is 14.7. The predicted molar refractivity (Wildman–Crippen MR) is 82.0 cm³/mol. The van der Waals surface area contributed by atoms with Gasteiger partial charge in [0.1, 0.15) is 0 Å². The molecule has 3 rings (SSSR count). The van der Waals surface area contributed by atoms with Crippen LogP contribution in [0.5, 0.6) is 0 Å². The van der Waals surface area contributed by atoms with Crippen LogP contribution in [0.1, 0.15) is 56.8 Å². The zero-order valence-corrected chi connectivity index (χ0v) is 12.8. The van der Waals surface area contributed by atoms with Gasteiger partial charge in [0.05, 0.1) is 12.0 Å². The molecule has 0 spiro atoms. The first-order valence-corrected chi connectivity index (χ1v) is 7.83. The standard InChI is InChI=1S/C17H23N3O/c1-13(2)18-12-15-19-16(20-21-15)17(10-6-7-11-17)14-8-4-3-5-9-14/h3-5,8-9,13,18H,6-7,10-12H2,1-2H3. The van der Waals surface area contributed by atoms with Crippen molar-refractivity contribution in [2.45, 2.75) is 57.5 Å². The lowest BCUT2D eigenvalue weighted by Crippen LogP contribution is -2.26. The molecule has 1 N–H and O–H groups in total. The third-order valence-corrected chi connectivity index (χ3v) is 4.34. The quantitative estimate of drug-likeness (QED) is 0.914. The molecule has 112 valence electrons. The maximum absolute atomic E-state index is 5.45. The van der Waals surface area contributed by atoms with E-state index in [2.05, 4.69) is 59.6 Å². The molecule has 1 aliphatic carbocycles. The molecule has 0 amide bonds. The molecule has 4 heteroatoms. The van der Waals surface area contributed by atoms with Crippen molar-refractivity contribution in [3.8, 4) is 0 Å². The lowest BCUT2D eigenvalue weighted by molar-refractivity contribution is 0.348. The van der Waals surface area contributed by atoms with Crippen molar-refractivity contribution in [3.05, 3.63) is 47.6 Å². The Kier molecular flexibility index (Phi) is 4.06. The van der Waals surface area contributed by atoms with Gasteiger partial charge in [0.15, 0.2) is 5.82 Å². The summed E-state index contributed by atoms with van der Waals surface area (Å²) in [7, 11) is 0. The van der Waals surface area contributed by atoms with Gasteiger partial charge in [0.25, 0.3) is 0 Å². The molecule has 1 heterocycles. The molecule has 21 heavy (non-hydrogen) atoms. The zero-order valence-electron chi connectivity index (χ0n) is 12.8. The van der Waals surface area contributed by atoms with E-state index < -0.39 is 0 Å². The number of nitrogens with one attached hydrogen (secondary N) is 1. The Morgan fingerprint density at radius 1 is 1.19 bits per heavy atom. The number of hydrogen-bond acceptors (Lipinski definition) is 4. The molecule has 0 saturated heterocycles. The van der Waals surface area contributed by atoms with Crippen LogP contribution in [0.4, 0.5) is 0 Å². The molecule has 1 saturated carbocycles. The second kappa shape index (κ2) is 5.98. The van der Waals surface area contributed by atoms with Gasteiger partial charge in [-0.05, 0) is 18.4 Å². The fraction of sp³-hybridized carbons (Fsp3) is 0.529. The minimum atomic E-state index is -0.0547. The Bertz CT molecular complexity index is 571. The van der Waals surface area contributed by atoms with Gasteiger partial charge in [-0.2, -0.15) is 4.98 Å². The fourth-order valence-electron chi connectivity index (χ4n) is 3.19. The van der Waals surface area contributed by atoms with Gasteiger partial charge in [0, 0.05) is 6.04 Å². The molecular formula is C17H23N3O. The first-order valence-electron chi connectivity index (χ1n) is 7.83. The molecule has 2 aromatic rings. The van der Waals surface area contributed by atoms with Gasteiger partial charge in [-0.15, -0.1) is 0 Å². The van der Waals surface area contributed by atoms with Crippen LogP contribution >= 0.6 is 0 Å². The van der Waals surface area contributed by atoms with E-state index in [9.17, 15) is 0 Å². The molecule has 0 radical (unpaired) electrons. The maximum atomic E-state index is 5.45. The third kappa shape index (κ3) is 2.86. The number of nitrogens with zero attached hydrogens (tertiary/aromatic N) is 2. The van der Waals surface area contributed by atoms with Crippen molar-refractivity contribution in [2.75, 3.05) is 0 Å². The highest BCUT2D eigenvalue weighted by molar-refractivity contribution is 5.33. The molecule has 0 aliphatic heterocycles. The Labute approximate surface area is 126 Å². The summed E-state index contributed by atoms with van der Waals surface area (Å²) in [5.74, 6) is 1.53. The highest BCUT2D eigenvalue weighted by Gasteiger charge is 2.41. The van der Waals surface area contributed by atoms with Crippen LogP contribution < -0.4 is 5.32 Å². The minimum Gasteiger partial charge on any atom is -0.338 e. The number of rotatable bonds is 5. The van der Waals surface area contributed by atoms with Crippen LogP contribution in [0, 0.1) is 0 Å². The van der Waals surface area contributed by atoms with Gasteiger partial charge in [-0.25, -0.2) is 0 Å². The van der Waals surface area contributed by atoms with Gasteiger partial charge in [-0.1, -0.05) is 62.2 Å². The lowest BCUT2D eigenvalue weighted by Gasteiger charge is -2.25. The summed E-state index contributed by atoms with van der Waals surface area (Å²) in [6.45, 7) is 4.86. The molecule has 4 nitrogen and oxygen atoms in total. The van der Waals surface area contributed by atoms with Gasteiger partial charge in [-0.3, -0.25) is 0 Å². The summed E-state index contributed by atoms with van der Waals surface area (Å²) >= 11 is 0. The molecule has 0 atom stereocenters. The van der Waals surface area contributed by atoms with E-state index in [4.69, 9.17) is 4.52 Å². The average Bonchev–Trinajstić information content (AvgIpc) is 3.16. The summed E-state index contributed by atoms with van der Waals surface area (Å²) in [5, 5.41) is 7.62. The predicted octanol–water partition coefficient (Wildman–Crippen LogP) is 3.43. The van der Waals surface area contributed by atoms with Crippen LogP contribution in [0.15, 0.2) is 34.9 Å². The Morgan fingerprint density at radius 2 is 1.90 bits per heavy atom. The van der Waals surface area contributed by atoms with E-state index in [0.29, 0.717) is 18.5 Å². The summed E-state index contributed by atoms with van der Waals surface area (Å²) in [6, 6.07) is 11.0. The van der Waals surface area contributed by atoms with Crippen molar-refractivity contribution in [2.24, 2.45) is 0 Å². The van der Waals surface area contributed by atoms with Crippen LogP contribution in [-0.4, -0.2) is 16.2 Å². The monoisotopic (exact) mass is 285 g/mol. The third-order valence-electron chi connectivity index (χ3n) is 4.34. The maximum Gasteiger partial charge on any atom is 0.240 e. The van der Waals surface area contributed by atoms with E-state index in [1.807, 2.05) is 0 Å². The average molecular weight is 285 g/mol. The molecule has 1 fully saturated rings. The van der Waals surface area contributed by atoms with Crippen LogP contribution in [-0.2, 0) is 12.0 Å². The molecule has 0 unspecified atom stereocenters. The fourth-order valence-corrected chi connectivity index (χ4v) is 3.19. The van der Waals surface area contributed by atoms with E-state index in [1.54, 1.807) is 0 Å². The van der Waals surface area contributed by atoms with Crippen molar-refractivity contribution in [1.29, 1.82) is 0 Å². The number of aromatic nitrogens is 2. The molecule has 0 bridgehead atoms. The lowest BCUT2D eigenvalue weighted by atomic mass is 9.78. The van der Waals surface area contributed by atoms with E-state index in [1.165, 1.54) is 18.4 Å². The molecule has 1 aromatic carbocycles. The Balaban J connectivity index is 1.88. The SMILES string of the molecule is CC(C)NCc1nc(C2(c3ccccc3)CCCC2)no1. The largest absolute Gasteiger partial charge is 0.338 e. The second-order valence-electron chi connectivity index (χ2n) is 6.20. The van der Waals surface area contributed by atoms with Crippen molar-refractivity contribution < 1.29 is 4.52 Å². The minimum absolute atomic E-state index is 0.0547. The van der Waals surface area contributed by atoms with E-state index >= 15 is 0 Å². The van der Waals surface area contributed by atoms with Crippen molar-refractivity contribution in [1.82, 2.24) is 15.5 Å². The van der Waals surface area contributed by atoms with Crippen molar-refractivity contribution in [3.63, 3.8) is 0 Å². The first kappa shape index (κ1) is 14.3. The highest BCUT2D eigenvalue weighted by atomic mass is 16.5. The smallest absolute Gasteiger partial charge is 0.240 e. The molecule has 1 aliphatic rings. The summed E-state index contributed by atoms with van der Waals surface area (Å²) in [6.07, 6.45) is 4.66. The highest BCUT2D eigenvalue weighted by Crippen LogP contribution is 2.44.